The summed E-state index contributed by atoms with van der Waals surface area (Å²) in [7, 11) is 1.36. The van der Waals surface area contributed by atoms with E-state index in [1.165, 1.54) is 52.1 Å². The first-order chi connectivity index (χ1) is 14.0. The number of hydrogen-bond donors (Lipinski definition) is 1. The molecule has 0 radical (unpaired) electrons. The van der Waals surface area contributed by atoms with Crippen LogP contribution in [0.1, 0.15) is 86.0 Å². The van der Waals surface area contributed by atoms with Crippen molar-refractivity contribution in [2.75, 3.05) is 7.11 Å². The normalized spacial score (nSPS) is 41.5. The van der Waals surface area contributed by atoms with Crippen LogP contribution < -0.4 is 0 Å². The molecule has 30 heavy (non-hydrogen) atoms. The first-order valence-corrected chi connectivity index (χ1v) is 12.2. The molecule has 3 nitrogen and oxygen atoms in total. The highest BCUT2D eigenvalue weighted by molar-refractivity contribution is 5.74. The van der Waals surface area contributed by atoms with Crippen molar-refractivity contribution in [2.45, 2.75) is 92.1 Å². The highest BCUT2D eigenvalue weighted by Gasteiger charge is 2.58. The molecule has 4 aliphatic rings. The van der Waals surface area contributed by atoms with E-state index in [1.807, 2.05) is 0 Å². The van der Waals surface area contributed by atoms with Gasteiger partial charge in [-0.15, -0.1) is 0 Å². The van der Waals surface area contributed by atoms with Gasteiger partial charge in [-0.25, -0.2) is 4.79 Å². The number of fused-ring (bicyclic) bond motifs is 5. The van der Waals surface area contributed by atoms with Gasteiger partial charge in [-0.1, -0.05) is 64.3 Å². The molecule has 0 amide bonds. The number of carbonyl (C=O) groups excluding carboxylic acids is 1. The van der Waals surface area contributed by atoms with Crippen molar-refractivity contribution >= 4 is 5.97 Å². The van der Waals surface area contributed by atoms with E-state index in [-0.39, 0.29) is 5.41 Å². The lowest BCUT2D eigenvalue weighted by atomic mass is 9.47. The predicted octanol–water partition coefficient (Wildman–Crippen LogP) is 6.07. The molecule has 4 aliphatic carbocycles. The molecule has 0 aromatic heterocycles. The molecule has 1 unspecified atom stereocenters. The lowest BCUT2D eigenvalue weighted by Gasteiger charge is -2.57. The molecule has 0 saturated heterocycles. The summed E-state index contributed by atoms with van der Waals surface area (Å²) in [5, 5.41) is 10.2. The van der Waals surface area contributed by atoms with Crippen LogP contribution in [0.4, 0.5) is 0 Å². The molecular formula is C27H42O3. The van der Waals surface area contributed by atoms with Gasteiger partial charge in [-0.3, -0.25) is 0 Å². The molecule has 1 N–H and O–H groups in total. The van der Waals surface area contributed by atoms with Crippen LogP contribution in [-0.2, 0) is 9.53 Å². The summed E-state index contributed by atoms with van der Waals surface area (Å²) in [6.07, 6.45) is 13.6. The molecule has 0 bridgehead atoms. The Morgan fingerprint density at radius 1 is 1.10 bits per heavy atom. The van der Waals surface area contributed by atoms with E-state index in [2.05, 4.69) is 46.8 Å². The van der Waals surface area contributed by atoms with Crippen LogP contribution in [0.3, 0.4) is 0 Å². The monoisotopic (exact) mass is 414 g/mol. The van der Waals surface area contributed by atoms with Crippen molar-refractivity contribution in [1.82, 2.24) is 0 Å². The van der Waals surface area contributed by atoms with Gasteiger partial charge in [-0.2, -0.15) is 0 Å². The number of carbonyl (C=O) groups is 1. The average Bonchev–Trinajstić information content (AvgIpc) is 3.04. The van der Waals surface area contributed by atoms with Gasteiger partial charge in [0.15, 0.2) is 6.10 Å². The van der Waals surface area contributed by atoms with E-state index >= 15 is 0 Å². The maximum Gasteiger partial charge on any atom is 0.334 e. The van der Waals surface area contributed by atoms with E-state index in [0.29, 0.717) is 40.9 Å². The molecule has 0 heterocycles. The topological polar surface area (TPSA) is 46.5 Å². The minimum atomic E-state index is -0.994. The molecule has 0 aliphatic heterocycles. The van der Waals surface area contributed by atoms with Crippen LogP contribution in [0.25, 0.3) is 0 Å². The Kier molecular flexibility index (Phi) is 5.53. The van der Waals surface area contributed by atoms with Gasteiger partial charge in [-0.05, 0) is 84.9 Å². The van der Waals surface area contributed by atoms with Crippen LogP contribution >= 0.6 is 0 Å². The van der Waals surface area contributed by atoms with E-state index < -0.39 is 12.1 Å². The number of rotatable bonds is 4. The summed E-state index contributed by atoms with van der Waals surface area (Å²) in [6, 6.07) is 0. The number of ether oxygens (including phenoxy) is 1. The molecule has 3 heteroatoms. The second-order valence-electron chi connectivity index (χ2n) is 12.0. The summed E-state index contributed by atoms with van der Waals surface area (Å²) < 4.78 is 4.75. The summed E-state index contributed by atoms with van der Waals surface area (Å²) >= 11 is 0. The lowest BCUT2D eigenvalue weighted by Crippen LogP contribution is -2.48. The predicted molar refractivity (Wildman–Crippen MR) is 121 cm³/mol. The Morgan fingerprint density at radius 2 is 1.83 bits per heavy atom. The van der Waals surface area contributed by atoms with Crippen molar-refractivity contribution < 1.29 is 14.6 Å². The largest absolute Gasteiger partial charge is 0.467 e. The molecule has 3 saturated carbocycles. The number of hydrogen-bond acceptors (Lipinski definition) is 3. The molecule has 0 aromatic rings. The van der Waals surface area contributed by atoms with E-state index in [9.17, 15) is 9.90 Å². The van der Waals surface area contributed by atoms with E-state index in [1.54, 1.807) is 11.1 Å². The number of esters is 1. The number of aliphatic hydroxyl groups is 1. The second kappa shape index (κ2) is 7.50. The fourth-order valence-corrected chi connectivity index (χ4v) is 8.54. The van der Waals surface area contributed by atoms with Crippen molar-refractivity contribution in [2.24, 2.45) is 39.9 Å². The zero-order valence-electron chi connectivity index (χ0n) is 20.0. The lowest BCUT2D eigenvalue weighted by molar-refractivity contribution is -0.151. The smallest absolute Gasteiger partial charge is 0.334 e. The Hall–Kier alpha value is -1.09. The standard InChI is InChI=1S/C27H42O3/c1-17(16-22(28)24(29)30-6)19-9-10-20-18-8-11-23-25(2,3)13-7-14-27(23,5)21(18)12-15-26(19,20)4/h8,11,17,19-22,28H,7,9-10,12-16H2,1-6H3/t17-,19-,20+,21+,22?,26-,27-/m1/s1. The van der Waals surface area contributed by atoms with Crippen molar-refractivity contribution in [3.05, 3.63) is 23.3 Å². The third-order valence-electron chi connectivity index (χ3n) is 9.99. The molecular weight excluding hydrogens is 372 g/mol. The zero-order chi connectivity index (χ0) is 21.9. The minimum Gasteiger partial charge on any atom is -0.467 e. The van der Waals surface area contributed by atoms with Crippen LogP contribution in [0, 0.1) is 39.9 Å². The van der Waals surface area contributed by atoms with Gasteiger partial charge in [0.2, 0.25) is 0 Å². The Morgan fingerprint density at radius 3 is 2.53 bits per heavy atom. The van der Waals surface area contributed by atoms with Gasteiger partial charge in [0.1, 0.15) is 0 Å². The second-order valence-corrected chi connectivity index (χ2v) is 12.0. The number of allylic oxidation sites excluding steroid dienone is 4. The fraction of sp³-hybridized carbons (Fsp3) is 0.815. The SMILES string of the molecule is COC(=O)C(O)C[C@@H](C)[C@H]1CC[C@H]2C3=CC=C4C(C)(C)CCC[C@]4(C)[C@H]3CC[C@]12C. The summed E-state index contributed by atoms with van der Waals surface area (Å²) in [5.41, 5.74) is 4.35. The molecule has 0 aromatic carbocycles. The van der Waals surface area contributed by atoms with E-state index in [4.69, 9.17) is 4.74 Å². The zero-order valence-corrected chi connectivity index (χ0v) is 20.0. The van der Waals surface area contributed by atoms with Gasteiger partial charge < -0.3 is 9.84 Å². The summed E-state index contributed by atoms with van der Waals surface area (Å²) in [6.45, 7) is 12.2. The number of aliphatic hydroxyl groups excluding tert-OH is 1. The fourth-order valence-electron chi connectivity index (χ4n) is 8.54. The third-order valence-corrected chi connectivity index (χ3v) is 9.99. The summed E-state index contributed by atoms with van der Waals surface area (Å²) in [5.74, 6) is 1.74. The van der Waals surface area contributed by atoms with Crippen LogP contribution in [-0.4, -0.2) is 24.3 Å². The van der Waals surface area contributed by atoms with Gasteiger partial charge in [0.25, 0.3) is 0 Å². The summed E-state index contributed by atoms with van der Waals surface area (Å²) in [4.78, 5) is 11.7. The van der Waals surface area contributed by atoms with Crippen LogP contribution in [0.2, 0.25) is 0 Å². The van der Waals surface area contributed by atoms with Crippen LogP contribution in [0.5, 0.6) is 0 Å². The maximum atomic E-state index is 11.7. The van der Waals surface area contributed by atoms with Gasteiger partial charge >= 0.3 is 5.97 Å². The Bertz CT molecular complexity index is 762. The molecule has 0 spiro atoms. The highest BCUT2D eigenvalue weighted by Crippen LogP contribution is 2.67. The minimum absolute atomic E-state index is 0.281. The molecule has 4 rings (SSSR count). The first kappa shape index (κ1) is 22.1. The maximum absolute atomic E-state index is 11.7. The number of methoxy groups -OCH3 is 1. The van der Waals surface area contributed by atoms with E-state index in [0.717, 1.165) is 0 Å². The molecule has 168 valence electrons. The van der Waals surface area contributed by atoms with Crippen molar-refractivity contribution in [3.8, 4) is 0 Å². The molecule has 7 atom stereocenters. The quantitative estimate of drug-likeness (QED) is 0.568. The Balaban J connectivity index is 1.60. The highest BCUT2D eigenvalue weighted by atomic mass is 16.5. The van der Waals surface area contributed by atoms with Crippen molar-refractivity contribution in [1.29, 1.82) is 0 Å². The van der Waals surface area contributed by atoms with Crippen molar-refractivity contribution in [3.63, 3.8) is 0 Å². The van der Waals surface area contributed by atoms with Gasteiger partial charge in [0.05, 0.1) is 7.11 Å². The van der Waals surface area contributed by atoms with Crippen LogP contribution in [0.15, 0.2) is 23.3 Å². The van der Waals surface area contributed by atoms with Gasteiger partial charge in [0, 0.05) is 0 Å². The first-order valence-electron chi connectivity index (χ1n) is 12.2. The Labute approximate surface area is 183 Å². The third kappa shape index (κ3) is 3.22. The average molecular weight is 415 g/mol. The molecule has 3 fully saturated rings.